The lowest BCUT2D eigenvalue weighted by Gasteiger charge is -2.24. The molecule has 22 heavy (non-hydrogen) atoms. The van der Waals surface area contributed by atoms with Crippen molar-refractivity contribution in [3.05, 3.63) is 35.4 Å². The van der Waals surface area contributed by atoms with Crippen LogP contribution in [0.3, 0.4) is 0 Å². The van der Waals surface area contributed by atoms with Gasteiger partial charge in [0.1, 0.15) is 0 Å². The molecule has 4 nitrogen and oxygen atoms in total. The minimum Gasteiger partial charge on any atom is -0.400 e. The molecule has 0 heterocycles. The second kappa shape index (κ2) is 8.95. The number of aliphatic hydroxyl groups excluding tert-OH is 1. The first-order valence-electron chi connectivity index (χ1n) is 7.74. The Bertz CT molecular complexity index is 422. The molecule has 0 aromatic heterocycles. The van der Waals surface area contributed by atoms with Crippen LogP contribution in [0.5, 0.6) is 0 Å². The fourth-order valence-electron chi connectivity index (χ4n) is 2.29. The molecule has 0 amide bonds. The van der Waals surface area contributed by atoms with Crippen molar-refractivity contribution in [2.75, 3.05) is 27.6 Å². The van der Waals surface area contributed by atoms with Gasteiger partial charge < -0.3 is 18.4 Å². The Hall–Kier alpha value is -0.506. The van der Waals surface area contributed by atoms with Crippen molar-refractivity contribution in [1.82, 2.24) is 0 Å². The zero-order valence-electron chi connectivity index (χ0n) is 14.5. The molecule has 1 rings (SSSR count). The van der Waals surface area contributed by atoms with E-state index in [9.17, 15) is 5.11 Å². The topological polar surface area (TPSA) is 47.9 Å². The maximum atomic E-state index is 9.36. The standard InChI is InChI=1S/C16H30O4Si2/c1-18-22(19-2,20-3)13-11-16-8-6-15(7-9-16)10-12-21(4,5)14-17/h6-9,17H,10-14H2,1-5H3. The summed E-state index contributed by atoms with van der Waals surface area (Å²) in [6, 6.07) is 10.6. The molecule has 1 aromatic carbocycles. The van der Waals surface area contributed by atoms with E-state index in [0.29, 0.717) is 6.23 Å². The van der Waals surface area contributed by atoms with Crippen molar-refractivity contribution in [3.8, 4) is 0 Å². The largest absolute Gasteiger partial charge is 0.500 e. The minimum atomic E-state index is -2.48. The van der Waals surface area contributed by atoms with Crippen molar-refractivity contribution in [2.45, 2.75) is 38.0 Å². The summed E-state index contributed by atoms with van der Waals surface area (Å²) in [5.41, 5.74) is 2.61. The molecular formula is C16H30O4Si2. The van der Waals surface area contributed by atoms with Gasteiger partial charge in [-0.05, 0) is 24.0 Å². The first-order chi connectivity index (χ1) is 10.4. The Morgan fingerprint density at radius 3 is 1.59 bits per heavy atom. The highest BCUT2D eigenvalue weighted by molar-refractivity contribution is 6.77. The maximum Gasteiger partial charge on any atom is 0.500 e. The summed E-state index contributed by atoms with van der Waals surface area (Å²) < 4.78 is 16.3. The zero-order chi connectivity index (χ0) is 16.6. The van der Waals surface area contributed by atoms with Crippen LogP contribution in [0.15, 0.2) is 24.3 Å². The quantitative estimate of drug-likeness (QED) is 0.664. The lowest BCUT2D eigenvalue weighted by molar-refractivity contribution is 0.123. The molecular weight excluding hydrogens is 312 g/mol. The summed E-state index contributed by atoms with van der Waals surface area (Å²) in [5, 5.41) is 9.36. The molecule has 0 aliphatic heterocycles. The Morgan fingerprint density at radius 2 is 1.23 bits per heavy atom. The smallest absolute Gasteiger partial charge is 0.400 e. The predicted molar refractivity (Wildman–Crippen MR) is 94.8 cm³/mol. The van der Waals surface area contributed by atoms with E-state index in [4.69, 9.17) is 13.3 Å². The van der Waals surface area contributed by atoms with Crippen molar-refractivity contribution in [1.29, 1.82) is 0 Å². The van der Waals surface area contributed by atoms with Crippen molar-refractivity contribution in [3.63, 3.8) is 0 Å². The van der Waals surface area contributed by atoms with Crippen LogP contribution in [-0.4, -0.2) is 49.5 Å². The molecule has 1 aromatic rings. The third kappa shape index (κ3) is 5.94. The highest BCUT2D eigenvalue weighted by Crippen LogP contribution is 2.18. The molecule has 0 radical (unpaired) electrons. The number of hydrogen-bond donors (Lipinski definition) is 1. The second-order valence-electron chi connectivity index (χ2n) is 6.43. The summed E-state index contributed by atoms with van der Waals surface area (Å²) >= 11 is 0. The van der Waals surface area contributed by atoms with Gasteiger partial charge in [-0.2, -0.15) is 0 Å². The first-order valence-corrected chi connectivity index (χ1v) is 13.1. The van der Waals surface area contributed by atoms with Gasteiger partial charge in [0.2, 0.25) is 0 Å². The Kier molecular flexibility index (Phi) is 7.95. The van der Waals surface area contributed by atoms with E-state index in [2.05, 4.69) is 37.4 Å². The molecule has 0 aliphatic rings. The van der Waals surface area contributed by atoms with Gasteiger partial charge >= 0.3 is 8.80 Å². The van der Waals surface area contributed by atoms with E-state index in [0.717, 1.165) is 24.9 Å². The fraction of sp³-hybridized carbons (Fsp3) is 0.625. The highest BCUT2D eigenvalue weighted by atomic mass is 28.4. The van der Waals surface area contributed by atoms with Gasteiger partial charge in [0.25, 0.3) is 0 Å². The summed E-state index contributed by atoms with van der Waals surface area (Å²) in [4.78, 5) is 0. The summed E-state index contributed by atoms with van der Waals surface area (Å²) in [6.07, 6.45) is 2.30. The van der Waals surface area contributed by atoms with Crippen LogP contribution >= 0.6 is 0 Å². The number of aryl methyl sites for hydroxylation is 2. The number of hydrogen-bond acceptors (Lipinski definition) is 4. The molecule has 0 bridgehead atoms. The monoisotopic (exact) mass is 342 g/mol. The molecule has 0 saturated carbocycles. The maximum absolute atomic E-state index is 9.36. The normalized spacial score (nSPS) is 12.6. The fourth-order valence-corrected chi connectivity index (χ4v) is 5.12. The van der Waals surface area contributed by atoms with Crippen LogP contribution in [0.25, 0.3) is 0 Å². The summed E-state index contributed by atoms with van der Waals surface area (Å²) in [5.74, 6) is 0. The van der Waals surface area contributed by atoms with Gasteiger partial charge in [-0.1, -0.05) is 43.4 Å². The Balaban J connectivity index is 2.55. The van der Waals surface area contributed by atoms with Gasteiger partial charge in [0.15, 0.2) is 0 Å². The predicted octanol–water partition coefficient (Wildman–Crippen LogP) is 2.89. The second-order valence-corrected chi connectivity index (χ2v) is 14.7. The molecule has 0 spiro atoms. The SMILES string of the molecule is CO[Si](CCc1ccc(CC[Si](C)(C)CO)cc1)(OC)OC. The zero-order valence-corrected chi connectivity index (χ0v) is 16.5. The van der Waals surface area contributed by atoms with Gasteiger partial charge in [-0.15, -0.1) is 0 Å². The van der Waals surface area contributed by atoms with E-state index in [1.54, 1.807) is 21.3 Å². The molecule has 1 N–H and O–H groups in total. The number of rotatable bonds is 10. The Labute approximate surface area is 136 Å². The highest BCUT2D eigenvalue weighted by Gasteiger charge is 2.37. The van der Waals surface area contributed by atoms with Crippen molar-refractivity contribution >= 4 is 16.9 Å². The van der Waals surface area contributed by atoms with E-state index in [1.807, 2.05) is 0 Å². The Morgan fingerprint density at radius 1 is 0.818 bits per heavy atom. The third-order valence-electron chi connectivity index (χ3n) is 4.19. The lowest BCUT2D eigenvalue weighted by atomic mass is 10.1. The number of benzene rings is 1. The molecule has 0 aliphatic carbocycles. The van der Waals surface area contributed by atoms with Crippen LogP contribution in [0.4, 0.5) is 0 Å². The van der Waals surface area contributed by atoms with Gasteiger partial charge in [0.05, 0.1) is 8.07 Å². The molecule has 0 fully saturated rings. The van der Waals surface area contributed by atoms with E-state index in [-0.39, 0.29) is 0 Å². The van der Waals surface area contributed by atoms with Crippen molar-refractivity contribution < 1.29 is 18.4 Å². The van der Waals surface area contributed by atoms with Crippen LogP contribution in [0.2, 0.25) is 25.2 Å². The molecule has 6 heteroatoms. The van der Waals surface area contributed by atoms with Crippen LogP contribution in [0, 0.1) is 0 Å². The molecule has 126 valence electrons. The van der Waals surface area contributed by atoms with E-state index < -0.39 is 16.9 Å². The van der Waals surface area contributed by atoms with Crippen LogP contribution in [-0.2, 0) is 26.1 Å². The first kappa shape index (κ1) is 19.5. The molecule has 0 unspecified atom stereocenters. The van der Waals surface area contributed by atoms with E-state index in [1.165, 1.54) is 11.1 Å². The third-order valence-corrected chi connectivity index (χ3v) is 9.38. The average molecular weight is 343 g/mol. The van der Waals surface area contributed by atoms with Gasteiger partial charge in [0, 0.05) is 33.6 Å². The van der Waals surface area contributed by atoms with Gasteiger partial charge in [-0.3, -0.25) is 0 Å². The lowest BCUT2D eigenvalue weighted by Crippen LogP contribution is -2.43. The van der Waals surface area contributed by atoms with Gasteiger partial charge in [-0.25, -0.2) is 0 Å². The number of aliphatic hydroxyl groups is 1. The van der Waals surface area contributed by atoms with E-state index >= 15 is 0 Å². The van der Waals surface area contributed by atoms with Crippen LogP contribution in [0.1, 0.15) is 11.1 Å². The van der Waals surface area contributed by atoms with Crippen LogP contribution < -0.4 is 0 Å². The summed E-state index contributed by atoms with van der Waals surface area (Å²) in [6.45, 7) is 4.46. The molecule has 0 atom stereocenters. The average Bonchev–Trinajstić information content (AvgIpc) is 2.56. The minimum absolute atomic E-state index is 0.364. The molecule has 0 saturated heterocycles. The summed E-state index contributed by atoms with van der Waals surface area (Å²) in [7, 11) is 1.05. The van der Waals surface area contributed by atoms with Crippen molar-refractivity contribution in [2.24, 2.45) is 0 Å².